The Morgan fingerprint density at radius 1 is 1.21 bits per heavy atom. The summed E-state index contributed by atoms with van der Waals surface area (Å²) in [6, 6.07) is 15.3. The number of benzene rings is 2. The molecule has 0 N–H and O–H groups in total. The highest BCUT2D eigenvalue weighted by Crippen LogP contribution is 2.44. The molecule has 0 bridgehead atoms. The number of amides is 1. The van der Waals surface area contributed by atoms with Gasteiger partial charge in [0.15, 0.2) is 5.69 Å². The number of hydrogen-bond acceptors (Lipinski definition) is 6. The summed E-state index contributed by atoms with van der Waals surface area (Å²) < 4.78 is 7.16. The monoisotopic (exact) mass is 456 g/mol. The molecule has 1 aliphatic rings. The second kappa shape index (κ2) is 7.89. The largest absolute Gasteiger partial charge is 0.447 e. The van der Waals surface area contributed by atoms with Crippen molar-refractivity contribution in [1.82, 2.24) is 15.2 Å². The van der Waals surface area contributed by atoms with Crippen LogP contribution in [0.5, 0.6) is 5.88 Å². The molecule has 6 nitrogen and oxygen atoms in total. The molecule has 0 spiro atoms. The van der Waals surface area contributed by atoms with Crippen LogP contribution in [0.3, 0.4) is 0 Å². The van der Waals surface area contributed by atoms with E-state index in [-0.39, 0.29) is 5.91 Å². The summed E-state index contributed by atoms with van der Waals surface area (Å²) >= 11 is 5.00. The first-order valence-corrected chi connectivity index (χ1v) is 10.5. The lowest BCUT2D eigenvalue weighted by Gasteiger charge is -2.29. The van der Waals surface area contributed by atoms with Gasteiger partial charge >= 0.3 is 0 Å². The lowest BCUT2D eigenvalue weighted by atomic mass is 10.1. The van der Waals surface area contributed by atoms with Gasteiger partial charge in [0.2, 0.25) is 23.2 Å². The van der Waals surface area contributed by atoms with Crippen molar-refractivity contribution < 1.29 is 9.53 Å². The Kier molecular flexibility index (Phi) is 5.32. The van der Waals surface area contributed by atoms with Crippen molar-refractivity contribution in [3.05, 3.63) is 58.6 Å². The highest BCUT2D eigenvalue weighted by molar-refractivity contribution is 9.10. The zero-order valence-corrected chi connectivity index (χ0v) is 17.7. The van der Waals surface area contributed by atoms with E-state index in [2.05, 4.69) is 31.1 Å². The maximum atomic E-state index is 12.7. The van der Waals surface area contributed by atoms with E-state index in [1.807, 2.05) is 55.5 Å². The van der Waals surface area contributed by atoms with Crippen LogP contribution in [0.25, 0.3) is 11.3 Å². The first kappa shape index (κ1) is 18.9. The molecule has 0 fully saturated rings. The molecular formula is C20H17BrN4O2S. The lowest BCUT2D eigenvalue weighted by Crippen LogP contribution is -2.36. The van der Waals surface area contributed by atoms with E-state index in [0.29, 0.717) is 22.4 Å². The van der Waals surface area contributed by atoms with Crippen LogP contribution in [-0.4, -0.2) is 26.8 Å². The van der Waals surface area contributed by atoms with Crippen LogP contribution < -0.4 is 9.64 Å². The van der Waals surface area contributed by atoms with Gasteiger partial charge in [-0.25, -0.2) is 0 Å². The van der Waals surface area contributed by atoms with Crippen molar-refractivity contribution in [2.45, 2.75) is 25.2 Å². The summed E-state index contributed by atoms with van der Waals surface area (Å²) in [4.78, 5) is 18.9. The van der Waals surface area contributed by atoms with Gasteiger partial charge in [-0.2, -0.15) is 4.98 Å². The summed E-state index contributed by atoms with van der Waals surface area (Å²) in [6.07, 6.45) is -0.656. The third-order valence-electron chi connectivity index (χ3n) is 4.26. The highest BCUT2D eigenvalue weighted by Gasteiger charge is 2.34. The van der Waals surface area contributed by atoms with Crippen molar-refractivity contribution in [2.75, 3.05) is 10.7 Å². The molecule has 2 aromatic carbocycles. The van der Waals surface area contributed by atoms with E-state index >= 15 is 0 Å². The minimum atomic E-state index is -0.656. The van der Waals surface area contributed by atoms with Gasteiger partial charge in [-0.3, -0.25) is 9.69 Å². The average Bonchev–Trinajstić information content (AvgIpc) is 2.83. The molecule has 2 heterocycles. The molecule has 0 radical (unpaired) electrons. The zero-order valence-electron chi connectivity index (χ0n) is 15.3. The third-order valence-corrected chi connectivity index (χ3v) is 5.48. The molecule has 4 rings (SSSR count). The fourth-order valence-electron chi connectivity index (χ4n) is 3.10. The van der Waals surface area contributed by atoms with Gasteiger partial charge < -0.3 is 4.74 Å². The smallest absolute Gasteiger partial charge is 0.247 e. The summed E-state index contributed by atoms with van der Waals surface area (Å²) in [5, 5.41) is 9.15. The molecule has 1 aromatic heterocycles. The van der Waals surface area contributed by atoms with Gasteiger partial charge in [0.25, 0.3) is 0 Å². The highest BCUT2D eigenvalue weighted by atomic mass is 79.9. The van der Waals surface area contributed by atoms with Gasteiger partial charge in [-0.05, 0) is 24.0 Å². The molecule has 0 saturated heterocycles. The molecule has 142 valence electrons. The number of halogens is 1. The Balaban J connectivity index is 1.97. The summed E-state index contributed by atoms with van der Waals surface area (Å²) in [5.41, 5.74) is 2.81. The number of ether oxygens (including phenoxy) is 1. The number of rotatable bonds is 3. The molecule has 1 unspecified atom stereocenters. The Morgan fingerprint density at radius 2 is 2.00 bits per heavy atom. The van der Waals surface area contributed by atoms with E-state index in [4.69, 9.17) is 4.74 Å². The minimum absolute atomic E-state index is 0.138. The molecule has 0 aliphatic carbocycles. The average molecular weight is 457 g/mol. The Morgan fingerprint density at radius 3 is 2.71 bits per heavy atom. The zero-order chi connectivity index (χ0) is 19.7. The number of nitrogens with zero attached hydrogens (tertiary/aromatic N) is 4. The molecule has 8 heteroatoms. The minimum Gasteiger partial charge on any atom is -0.447 e. The lowest BCUT2D eigenvalue weighted by molar-refractivity contribution is -0.118. The van der Waals surface area contributed by atoms with E-state index in [1.165, 1.54) is 18.7 Å². The van der Waals surface area contributed by atoms with Crippen molar-refractivity contribution in [3.8, 4) is 17.1 Å². The quantitative estimate of drug-likeness (QED) is 0.524. The van der Waals surface area contributed by atoms with Crippen LogP contribution in [0.1, 0.15) is 25.6 Å². The van der Waals surface area contributed by atoms with E-state index in [9.17, 15) is 4.79 Å². The van der Waals surface area contributed by atoms with Crippen molar-refractivity contribution >= 4 is 39.3 Å². The second-order valence-electron chi connectivity index (χ2n) is 6.11. The fourth-order valence-corrected chi connectivity index (χ4v) is 3.97. The third kappa shape index (κ3) is 3.49. The number of anilines is 1. The van der Waals surface area contributed by atoms with Gasteiger partial charge in [0.1, 0.15) is 0 Å². The molecule has 1 amide bonds. The van der Waals surface area contributed by atoms with Gasteiger partial charge in [0.05, 0.1) is 5.69 Å². The molecule has 1 aliphatic heterocycles. The predicted octanol–water partition coefficient (Wildman–Crippen LogP) is 4.86. The SMILES string of the molecule is CCSc1nnc2c(n1)OC(c1ccccc1)N(C(C)=O)c1ccc(Br)cc1-2. The predicted molar refractivity (Wildman–Crippen MR) is 112 cm³/mol. The number of carbonyl (C=O) groups excluding carboxylic acids is 1. The Labute approximate surface area is 175 Å². The number of carbonyl (C=O) groups is 1. The van der Waals surface area contributed by atoms with Gasteiger partial charge in [0, 0.05) is 22.5 Å². The van der Waals surface area contributed by atoms with E-state index in [0.717, 1.165) is 21.4 Å². The van der Waals surface area contributed by atoms with Crippen LogP contribution in [0.2, 0.25) is 0 Å². The summed E-state index contributed by atoms with van der Waals surface area (Å²) in [5.74, 6) is 1.05. The topological polar surface area (TPSA) is 68.2 Å². The van der Waals surface area contributed by atoms with Crippen LogP contribution in [0.4, 0.5) is 5.69 Å². The van der Waals surface area contributed by atoms with E-state index in [1.54, 1.807) is 4.90 Å². The fraction of sp³-hybridized carbons (Fsp3) is 0.200. The number of hydrogen-bond donors (Lipinski definition) is 0. The number of fused-ring (bicyclic) bond motifs is 3. The first-order valence-electron chi connectivity index (χ1n) is 8.77. The number of aromatic nitrogens is 3. The van der Waals surface area contributed by atoms with Crippen LogP contribution >= 0.6 is 27.7 Å². The second-order valence-corrected chi connectivity index (χ2v) is 8.26. The van der Waals surface area contributed by atoms with Crippen molar-refractivity contribution in [2.24, 2.45) is 0 Å². The van der Waals surface area contributed by atoms with Gasteiger partial charge in [-0.1, -0.05) is 64.9 Å². The Bertz CT molecular complexity index is 1030. The maximum Gasteiger partial charge on any atom is 0.247 e. The normalized spacial score (nSPS) is 15.2. The van der Waals surface area contributed by atoms with Crippen LogP contribution in [0, 0.1) is 0 Å². The van der Waals surface area contributed by atoms with Crippen LogP contribution in [0.15, 0.2) is 58.2 Å². The summed E-state index contributed by atoms with van der Waals surface area (Å²) in [6.45, 7) is 3.55. The van der Waals surface area contributed by atoms with Crippen molar-refractivity contribution in [1.29, 1.82) is 0 Å². The van der Waals surface area contributed by atoms with Crippen LogP contribution in [-0.2, 0) is 4.79 Å². The molecule has 0 saturated carbocycles. The molecule has 3 aromatic rings. The maximum absolute atomic E-state index is 12.7. The molecular weight excluding hydrogens is 440 g/mol. The standard InChI is InChI=1S/C20H17BrN4O2S/c1-3-28-20-22-18-17(23-24-20)15-11-14(21)9-10-16(15)25(12(2)26)19(27-18)13-7-5-4-6-8-13/h4-11,19H,3H2,1-2H3. The number of thioether (sulfide) groups is 1. The Hall–Kier alpha value is -2.45. The first-order chi connectivity index (χ1) is 13.6. The van der Waals surface area contributed by atoms with E-state index < -0.39 is 6.23 Å². The van der Waals surface area contributed by atoms with Gasteiger partial charge in [-0.15, -0.1) is 10.2 Å². The molecule has 28 heavy (non-hydrogen) atoms. The van der Waals surface area contributed by atoms with Crippen molar-refractivity contribution in [3.63, 3.8) is 0 Å². The summed E-state index contributed by atoms with van der Waals surface area (Å²) in [7, 11) is 0. The molecule has 1 atom stereocenters.